The minimum absolute atomic E-state index is 0.202. The lowest BCUT2D eigenvalue weighted by Gasteiger charge is -2.22. The average molecular weight is 467 g/mol. The molecule has 1 aromatic heterocycles. The van der Waals surface area contributed by atoms with Gasteiger partial charge in [0.05, 0.1) is 12.3 Å². The number of halogens is 1. The zero-order chi connectivity index (χ0) is 23.2. The first-order chi connectivity index (χ1) is 15.9. The van der Waals surface area contributed by atoms with Gasteiger partial charge in [0.15, 0.2) is 5.43 Å². The fourth-order valence-electron chi connectivity index (χ4n) is 6.27. The van der Waals surface area contributed by atoms with E-state index in [1.807, 2.05) is 35.8 Å². The quantitative estimate of drug-likeness (QED) is 0.581. The summed E-state index contributed by atoms with van der Waals surface area (Å²) in [5.41, 5.74) is 3.00. The van der Waals surface area contributed by atoms with Crippen LogP contribution in [0.1, 0.15) is 46.6 Å². The van der Waals surface area contributed by atoms with E-state index < -0.39 is 0 Å². The van der Waals surface area contributed by atoms with E-state index in [0.29, 0.717) is 47.0 Å². The van der Waals surface area contributed by atoms with Crippen molar-refractivity contribution >= 4 is 17.5 Å². The number of aryl methyl sites for hydroxylation is 2. The topological polar surface area (TPSA) is 60.3 Å². The molecule has 1 N–H and O–H groups in total. The van der Waals surface area contributed by atoms with E-state index in [1.54, 1.807) is 13.2 Å². The Balaban J connectivity index is 1.35. The Labute approximate surface area is 199 Å². The third-order valence-corrected chi connectivity index (χ3v) is 8.25. The molecule has 0 radical (unpaired) electrons. The number of nitrogens with one attached hydrogen (secondary N) is 1. The first-order valence-electron chi connectivity index (χ1n) is 11.9. The van der Waals surface area contributed by atoms with Crippen LogP contribution >= 0.6 is 11.6 Å². The molecule has 3 aliphatic carbocycles. The van der Waals surface area contributed by atoms with E-state index in [0.717, 1.165) is 24.1 Å². The zero-order valence-corrected chi connectivity index (χ0v) is 20.0. The summed E-state index contributed by atoms with van der Waals surface area (Å²) < 4.78 is 7.45. The molecule has 2 fully saturated rings. The van der Waals surface area contributed by atoms with E-state index in [-0.39, 0.29) is 23.5 Å². The molecule has 1 amide bonds. The fraction of sp³-hybridized carbons (Fsp3) is 0.481. The van der Waals surface area contributed by atoms with E-state index in [4.69, 9.17) is 16.3 Å². The Morgan fingerprint density at radius 3 is 2.79 bits per heavy atom. The number of hydrogen-bond acceptors (Lipinski definition) is 3. The van der Waals surface area contributed by atoms with Crippen LogP contribution < -0.4 is 10.7 Å². The summed E-state index contributed by atoms with van der Waals surface area (Å²) in [5, 5.41) is 3.80. The predicted molar refractivity (Wildman–Crippen MR) is 130 cm³/mol. The van der Waals surface area contributed by atoms with Gasteiger partial charge in [0.1, 0.15) is 5.56 Å². The average Bonchev–Trinajstić information content (AvgIpc) is 3.45. The highest BCUT2D eigenvalue weighted by atomic mass is 35.5. The predicted octanol–water partition coefficient (Wildman–Crippen LogP) is 4.53. The normalized spacial score (nSPS) is 23.9. The van der Waals surface area contributed by atoms with Crippen LogP contribution in [0.15, 0.2) is 47.3 Å². The molecule has 5 nitrogen and oxygen atoms in total. The maximum absolute atomic E-state index is 13.3. The molecule has 1 spiro atoms. The summed E-state index contributed by atoms with van der Waals surface area (Å²) in [6.45, 7) is 3.35. The van der Waals surface area contributed by atoms with Crippen molar-refractivity contribution in [1.82, 2.24) is 9.88 Å². The van der Waals surface area contributed by atoms with Gasteiger partial charge in [-0.1, -0.05) is 35.9 Å². The maximum Gasteiger partial charge on any atom is 0.257 e. The number of amides is 1. The summed E-state index contributed by atoms with van der Waals surface area (Å²) in [6.07, 6.45) is 9.25. The number of hydrogen-bond donors (Lipinski definition) is 1. The first kappa shape index (κ1) is 22.4. The molecule has 3 aliphatic rings. The number of pyridine rings is 1. The van der Waals surface area contributed by atoms with Crippen LogP contribution in [0.25, 0.3) is 0 Å². The van der Waals surface area contributed by atoms with Crippen molar-refractivity contribution in [3.63, 3.8) is 0 Å². The summed E-state index contributed by atoms with van der Waals surface area (Å²) in [6, 6.07) is 9.32. The molecule has 0 aliphatic heterocycles. The van der Waals surface area contributed by atoms with Gasteiger partial charge in [-0.25, -0.2) is 0 Å². The van der Waals surface area contributed by atoms with Crippen LogP contribution in [-0.2, 0) is 24.3 Å². The highest BCUT2D eigenvalue weighted by molar-refractivity contribution is 6.30. The van der Waals surface area contributed by atoms with E-state index in [9.17, 15) is 9.59 Å². The molecule has 2 saturated carbocycles. The van der Waals surface area contributed by atoms with Crippen molar-refractivity contribution in [3.8, 4) is 0 Å². The largest absolute Gasteiger partial charge is 0.378 e. The zero-order valence-electron chi connectivity index (χ0n) is 19.3. The summed E-state index contributed by atoms with van der Waals surface area (Å²) in [4.78, 5) is 26.2. The van der Waals surface area contributed by atoms with Gasteiger partial charge in [0.25, 0.3) is 5.91 Å². The van der Waals surface area contributed by atoms with E-state index in [1.165, 1.54) is 12.8 Å². The van der Waals surface area contributed by atoms with E-state index >= 15 is 0 Å². The lowest BCUT2D eigenvalue weighted by molar-refractivity contribution is 0.0935. The highest BCUT2D eigenvalue weighted by Gasteiger charge is 2.62. The Kier molecular flexibility index (Phi) is 5.96. The third kappa shape index (κ3) is 4.06. The lowest BCUT2D eigenvalue weighted by Crippen LogP contribution is -2.36. The number of aromatic nitrogens is 1. The second-order valence-electron chi connectivity index (χ2n) is 9.89. The summed E-state index contributed by atoms with van der Waals surface area (Å²) in [7, 11) is 1.59. The Hall–Kier alpha value is -2.37. The van der Waals surface area contributed by atoms with Gasteiger partial charge in [-0.2, -0.15) is 0 Å². The second kappa shape index (κ2) is 8.77. The molecular formula is C27H31ClN2O3. The molecule has 5 rings (SSSR count). The van der Waals surface area contributed by atoms with Crippen molar-refractivity contribution in [1.29, 1.82) is 0 Å². The van der Waals surface area contributed by atoms with Gasteiger partial charge in [-0.3, -0.25) is 9.59 Å². The van der Waals surface area contributed by atoms with Crippen molar-refractivity contribution in [2.75, 3.05) is 13.7 Å². The highest BCUT2D eigenvalue weighted by Crippen LogP contribution is 2.69. The fourth-order valence-corrected chi connectivity index (χ4v) is 6.49. The Bertz CT molecular complexity index is 1160. The standard InChI is InChI=1S/C27H31ClN2O3/c1-17-12-24(31)25(23(16-33-2)30(17)11-8-18-4-3-5-21(28)13-18)26(32)29-15-19-14-20-6-7-22(19)27(20)9-10-27/h3-7,12-13,19-20,22H,8-11,14-16H2,1-2H3,(H,29,32)/t19-,20+,22+/m1/s1. The minimum atomic E-state index is -0.292. The summed E-state index contributed by atoms with van der Waals surface area (Å²) >= 11 is 6.13. The van der Waals surface area contributed by atoms with Crippen molar-refractivity contribution in [2.24, 2.45) is 23.2 Å². The van der Waals surface area contributed by atoms with Crippen LogP contribution in [0, 0.1) is 30.1 Å². The SMILES string of the molecule is COCc1c(C(=O)NC[C@H]2C[C@@H]3C=C[C@@H]2C32CC2)c(=O)cc(C)n1CCc1cccc(Cl)c1. The maximum atomic E-state index is 13.3. The van der Waals surface area contributed by atoms with Crippen LogP contribution in [-0.4, -0.2) is 24.1 Å². The number of nitrogens with zero attached hydrogens (tertiary/aromatic N) is 1. The Morgan fingerprint density at radius 1 is 1.27 bits per heavy atom. The van der Waals surface area contributed by atoms with Crippen LogP contribution in [0.2, 0.25) is 5.02 Å². The molecule has 33 heavy (non-hydrogen) atoms. The lowest BCUT2D eigenvalue weighted by atomic mass is 9.89. The van der Waals surface area contributed by atoms with Crippen LogP contribution in [0.5, 0.6) is 0 Å². The molecule has 2 aromatic rings. The molecule has 2 bridgehead atoms. The number of rotatable bonds is 8. The number of ether oxygens (including phenoxy) is 1. The molecule has 174 valence electrons. The first-order valence-corrected chi connectivity index (χ1v) is 12.2. The molecule has 3 atom stereocenters. The number of benzene rings is 1. The van der Waals surface area contributed by atoms with Gasteiger partial charge in [-0.05, 0) is 73.5 Å². The van der Waals surface area contributed by atoms with Crippen LogP contribution in [0.3, 0.4) is 0 Å². The van der Waals surface area contributed by atoms with Crippen molar-refractivity contribution < 1.29 is 9.53 Å². The molecule has 1 heterocycles. The molecular weight excluding hydrogens is 436 g/mol. The Morgan fingerprint density at radius 2 is 2.09 bits per heavy atom. The molecule has 1 aromatic carbocycles. The van der Waals surface area contributed by atoms with Gasteiger partial charge in [0, 0.05) is 37.0 Å². The molecule has 6 heteroatoms. The van der Waals surface area contributed by atoms with Crippen molar-refractivity contribution in [3.05, 3.63) is 80.2 Å². The number of allylic oxidation sites excluding steroid dienone is 2. The third-order valence-electron chi connectivity index (χ3n) is 8.02. The van der Waals surface area contributed by atoms with Crippen molar-refractivity contribution in [2.45, 2.75) is 45.8 Å². The van der Waals surface area contributed by atoms with Gasteiger partial charge < -0.3 is 14.6 Å². The summed E-state index contributed by atoms with van der Waals surface area (Å²) in [5.74, 6) is 1.43. The molecule has 0 saturated heterocycles. The number of methoxy groups -OCH3 is 1. The second-order valence-corrected chi connectivity index (χ2v) is 10.3. The monoisotopic (exact) mass is 466 g/mol. The van der Waals surface area contributed by atoms with Gasteiger partial charge in [0.2, 0.25) is 0 Å². The number of carbonyl (C=O) groups excluding carboxylic acids is 1. The van der Waals surface area contributed by atoms with Gasteiger partial charge in [-0.15, -0.1) is 0 Å². The molecule has 0 unspecified atom stereocenters. The minimum Gasteiger partial charge on any atom is -0.378 e. The van der Waals surface area contributed by atoms with E-state index in [2.05, 4.69) is 17.5 Å². The number of carbonyl (C=O) groups is 1. The van der Waals surface area contributed by atoms with Crippen LogP contribution in [0.4, 0.5) is 0 Å². The van der Waals surface area contributed by atoms with Gasteiger partial charge >= 0.3 is 0 Å². The smallest absolute Gasteiger partial charge is 0.257 e.